The highest BCUT2D eigenvalue weighted by molar-refractivity contribution is 6.11. The second kappa shape index (κ2) is 12.8. The minimum Gasteiger partial charge on any atom is -0.289 e. The van der Waals surface area contributed by atoms with Crippen molar-refractivity contribution in [1.29, 1.82) is 0 Å². The fourth-order valence-electron chi connectivity index (χ4n) is 4.09. The molecule has 0 atom stereocenters. The second-order valence-corrected chi connectivity index (χ2v) is 10.0. The van der Waals surface area contributed by atoms with Gasteiger partial charge in [-0.05, 0) is 27.7 Å². The van der Waals surface area contributed by atoms with Crippen LogP contribution in [0.15, 0.2) is 121 Å². The molecule has 0 saturated heterocycles. The summed E-state index contributed by atoms with van der Waals surface area (Å²) in [4.78, 5) is 37.0. The number of hydrogen-bond acceptors (Lipinski definition) is 3. The van der Waals surface area contributed by atoms with Gasteiger partial charge in [0, 0.05) is 33.4 Å². The molecule has 40 heavy (non-hydrogen) atoms. The smallest absolute Gasteiger partial charge is 0.193 e. The molecule has 5 aromatic carbocycles. The highest BCUT2D eigenvalue weighted by Crippen LogP contribution is 2.16. The van der Waals surface area contributed by atoms with Crippen molar-refractivity contribution in [1.82, 2.24) is 0 Å². The molecule has 5 aromatic rings. The first-order valence-corrected chi connectivity index (χ1v) is 13.2. The third-order valence-electron chi connectivity index (χ3n) is 6.66. The lowest BCUT2D eigenvalue weighted by Crippen LogP contribution is -2.04. The lowest BCUT2D eigenvalue weighted by molar-refractivity contribution is 0.102. The molecule has 0 saturated carbocycles. The molecule has 3 nitrogen and oxygen atoms in total. The average molecular weight is 525 g/mol. The summed E-state index contributed by atoms with van der Waals surface area (Å²) in [5.74, 6) is 0.00803. The van der Waals surface area contributed by atoms with Crippen molar-refractivity contribution in [2.24, 2.45) is 0 Å². The largest absolute Gasteiger partial charge is 0.289 e. The second-order valence-electron chi connectivity index (χ2n) is 10.0. The van der Waals surface area contributed by atoms with Crippen LogP contribution in [0.2, 0.25) is 0 Å². The number of carbonyl (C=O) groups excluding carboxylic acids is 3. The van der Waals surface area contributed by atoms with Crippen LogP contribution >= 0.6 is 0 Å². The van der Waals surface area contributed by atoms with E-state index < -0.39 is 0 Å². The minimum atomic E-state index is -0.0377. The van der Waals surface area contributed by atoms with Crippen molar-refractivity contribution in [2.75, 3.05) is 0 Å². The fraction of sp³-hybridized carbons (Fsp3) is 0.108. The Balaban J connectivity index is 0.000000201. The van der Waals surface area contributed by atoms with Gasteiger partial charge in [-0.2, -0.15) is 0 Å². The molecule has 0 amide bonds. The number of ketones is 3. The summed E-state index contributed by atoms with van der Waals surface area (Å²) in [6, 6.07) is 37.1. The zero-order valence-electron chi connectivity index (χ0n) is 23.3. The van der Waals surface area contributed by atoms with E-state index in [1.165, 1.54) is 11.1 Å². The lowest BCUT2D eigenvalue weighted by Gasteiger charge is -2.05. The van der Waals surface area contributed by atoms with Crippen molar-refractivity contribution >= 4 is 17.3 Å². The highest BCUT2D eigenvalue weighted by Gasteiger charge is 2.12. The van der Waals surface area contributed by atoms with E-state index in [4.69, 9.17) is 0 Å². The van der Waals surface area contributed by atoms with Crippen LogP contribution < -0.4 is 0 Å². The zero-order chi connectivity index (χ0) is 28.6. The van der Waals surface area contributed by atoms with E-state index in [9.17, 15) is 14.4 Å². The van der Waals surface area contributed by atoms with Gasteiger partial charge in [0.25, 0.3) is 0 Å². The first-order chi connectivity index (χ1) is 19.2. The molecule has 0 spiro atoms. The van der Waals surface area contributed by atoms with Crippen LogP contribution in [0, 0.1) is 27.7 Å². The molecule has 0 aromatic heterocycles. The van der Waals surface area contributed by atoms with Gasteiger partial charge < -0.3 is 0 Å². The van der Waals surface area contributed by atoms with Gasteiger partial charge in [0.05, 0.1) is 0 Å². The van der Waals surface area contributed by atoms with Crippen LogP contribution in [0.25, 0.3) is 0 Å². The lowest BCUT2D eigenvalue weighted by atomic mass is 9.98. The Bertz CT molecular complexity index is 1480. The van der Waals surface area contributed by atoms with E-state index in [1.807, 2.05) is 125 Å². The van der Waals surface area contributed by atoms with Crippen LogP contribution in [0.1, 0.15) is 70.0 Å². The molecular weight excluding hydrogens is 492 g/mol. The topological polar surface area (TPSA) is 51.2 Å². The minimum absolute atomic E-state index is 0.0377. The molecular formula is C37H32O3. The molecule has 0 fully saturated rings. The first-order valence-electron chi connectivity index (χ1n) is 13.2. The normalized spacial score (nSPS) is 10.3. The summed E-state index contributed by atoms with van der Waals surface area (Å²) in [6.07, 6.45) is 0. The number of aryl methyl sites for hydroxylation is 4. The van der Waals surface area contributed by atoms with Gasteiger partial charge in [0.2, 0.25) is 0 Å². The van der Waals surface area contributed by atoms with E-state index in [1.54, 1.807) is 24.3 Å². The maximum absolute atomic E-state index is 12.5. The van der Waals surface area contributed by atoms with E-state index in [-0.39, 0.29) is 17.3 Å². The van der Waals surface area contributed by atoms with E-state index in [0.29, 0.717) is 22.3 Å². The Morgan fingerprint density at radius 2 is 0.400 bits per heavy atom. The molecule has 0 aliphatic heterocycles. The SMILES string of the molecule is Cc1ccc(C(=O)c2ccc(C(=O)c3ccc(C)cc3)cc2)cc1.Cc1ccc(C(=O)c2ccc(C)cc2)cc1. The van der Waals surface area contributed by atoms with E-state index in [0.717, 1.165) is 22.3 Å². The molecule has 0 N–H and O–H groups in total. The van der Waals surface area contributed by atoms with E-state index in [2.05, 4.69) is 0 Å². The molecule has 0 heterocycles. The zero-order valence-corrected chi connectivity index (χ0v) is 23.3. The third kappa shape index (κ3) is 7.15. The monoisotopic (exact) mass is 524 g/mol. The first kappa shape index (κ1) is 28.1. The van der Waals surface area contributed by atoms with Crippen molar-refractivity contribution in [2.45, 2.75) is 27.7 Å². The third-order valence-corrected chi connectivity index (χ3v) is 6.66. The molecule has 0 bridgehead atoms. The maximum atomic E-state index is 12.5. The van der Waals surface area contributed by atoms with Crippen LogP contribution in [0.3, 0.4) is 0 Å². The molecule has 0 aliphatic carbocycles. The predicted octanol–water partition coefficient (Wildman–Crippen LogP) is 8.30. The fourth-order valence-corrected chi connectivity index (χ4v) is 4.09. The van der Waals surface area contributed by atoms with Crippen LogP contribution in [-0.4, -0.2) is 17.3 Å². The molecule has 0 radical (unpaired) electrons. The predicted molar refractivity (Wildman–Crippen MR) is 161 cm³/mol. The summed E-state index contributed by atoms with van der Waals surface area (Å²) in [7, 11) is 0. The Hall–Kier alpha value is -4.89. The van der Waals surface area contributed by atoms with Crippen molar-refractivity contribution in [3.63, 3.8) is 0 Å². The standard InChI is InChI=1S/C22H18O2.C15H14O/c1-15-3-7-17(8-4-15)21(23)19-11-13-20(14-12-19)22(24)18-9-5-16(2)6-10-18;1-11-3-7-13(8-4-11)15(16)14-9-5-12(2)6-10-14/h3-14H,1-2H3;3-10H,1-2H3. The van der Waals surface area contributed by atoms with Crippen LogP contribution in [0.5, 0.6) is 0 Å². The number of hydrogen-bond donors (Lipinski definition) is 0. The molecule has 198 valence electrons. The summed E-state index contributed by atoms with van der Waals surface area (Å²) >= 11 is 0. The molecule has 0 aliphatic rings. The van der Waals surface area contributed by atoms with Gasteiger partial charge in [-0.15, -0.1) is 0 Å². The average Bonchev–Trinajstić information content (AvgIpc) is 2.98. The van der Waals surface area contributed by atoms with Gasteiger partial charge in [0.1, 0.15) is 0 Å². The van der Waals surface area contributed by atoms with Crippen LogP contribution in [-0.2, 0) is 0 Å². The maximum Gasteiger partial charge on any atom is 0.193 e. The number of carbonyl (C=O) groups is 3. The highest BCUT2D eigenvalue weighted by atomic mass is 16.1. The Morgan fingerprint density at radius 3 is 0.550 bits per heavy atom. The van der Waals surface area contributed by atoms with Gasteiger partial charge in [-0.1, -0.05) is 144 Å². The Labute approximate surface area is 236 Å². The van der Waals surface area contributed by atoms with Gasteiger partial charge in [-0.25, -0.2) is 0 Å². The van der Waals surface area contributed by atoms with Crippen molar-refractivity contribution in [3.8, 4) is 0 Å². The number of rotatable bonds is 6. The van der Waals surface area contributed by atoms with E-state index >= 15 is 0 Å². The van der Waals surface area contributed by atoms with Crippen molar-refractivity contribution < 1.29 is 14.4 Å². The molecule has 0 unspecified atom stereocenters. The van der Waals surface area contributed by atoms with Gasteiger partial charge >= 0.3 is 0 Å². The summed E-state index contributed by atoms with van der Waals surface area (Å²) < 4.78 is 0. The summed E-state index contributed by atoms with van der Waals surface area (Å²) in [5.41, 5.74) is 8.52. The molecule has 5 rings (SSSR count). The Kier molecular flexibility index (Phi) is 8.98. The van der Waals surface area contributed by atoms with Crippen molar-refractivity contribution in [3.05, 3.63) is 177 Å². The number of benzene rings is 5. The van der Waals surface area contributed by atoms with Crippen LogP contribution in [0.4, 0.5) is 0 Å². The molecule has 3 heteroatoms. The summed E-state index contributed by atoms with van der Waals surface area (Å²) in [6.45, 7) is 8.00. The quantitative estimate of drug-likeness (QED) is 0.210. The van der Waals surface area contributed by atoms with Gasteiger partial charge in [0.15, 0.2) is 17.3 Å². The van der Waals surface area contributed by atoms with Gasteiger partial charge in [-0.3, -0.25) is 14.4 Å². The Morgan fingerprint density at radius 1 is 0.275 bits per heavy atom. The summed E-state index contributed by atoms with van der Waals surface area (Å²) in [5, 5.41) is 0.